The van der Waals surface area contributed by atoms with E-state index in [2.05, 4.69) is 384 Å². The van der Waals surface area contributed by atoms with Crippen molar-refractivity contribution in [2.75, 3.05) is 0 Å². The molecular formula is C120H71N9O2S. The molecule has 28 rings (SSSR count). The Hall–Kier alpha value is -17.6. The van der Waals surface area contributed by atoms with Gasteiger partial charge in [-0.3, -0.25) is 4.57 Å². The lowest BCUT2D eigenvalue weighted by atomic mass is 9.97. The Bertz CT molecular complexity index is 9580. The third-order valence-electron chi connectivity index (χ3n) is 26.4. The van der Waals surface area contributed by atoms with Crippen LogP contribution >= 0.6 is 11.3 Å². The predicted octanol–water partition coefficient (Wildman–Crippen LogP) is 32.0. The Morgan fingerprint density at radius 2 is 0.568 bits per heavy atom. The summed E-state index contributed by atoms with van der Waals surface area (Å²) in [6.45, 7) is 0. The van der Waals surface area contributed by atoms with E-state index in [9.17, 15) is 0 Å². The van der Waals surface area contributed by atoms with Crippen LogP contribution in [0.1, 0.15) is 0 Å². The molecule has 0 aliphatic carbocycles. The highest BCUT2D eigenvalue weighted by atomic mass is 32.1. The van der Waals surface area contributed by atoms with Gasteiger partial charge in [-0.2, -0.15) is 9.97 Å². The number of fused-ring (bicyclic) bond motifs is 27. The van der Waals surface area contributed by atoms with Gasteiger partial charge < -0.3 is 18.0 Å². The highest BCUT2D eigenvalue weighted by Gasteiger charge is 2.29. The second-order valence-corrected chi connectivity index (χ2v) is 34.9. The normalized spacial score (nSPS) is 11.9. The Balaban J connectivity index is 0.000000137. The van der Waals surface area contributed by atoms with E-state index in [1.807, 2.05) is 72.0 Å². The van der Waals surface area contributed by atoms with E-state index < -0.39 is 0 Å². The molecule has 0 unspecified atom stereocenters. The zero-order valence-electron chi connectivity index (χ0n) is 70.7. The maximum atomic E-state index is 7.03. The molecule has 0 radical (unpaired) electrons. The van der Waals surface area contributed by atoms with Crippen molar-refractivity contribution < 1.29 is 8.83 Å². The zero-order chi connectivity index (χ0) is 86.6. The third kappa shape index (κ3) is 12.0. The molecule has 0 saturated carbocycles. The minimum atomic E-state index is 0.506. The first-order valence-electron chi connectivity index (χ1n) is 44.4. The van der Waals surface area contributed by atoms with Gasteiger partial charge in [0.05, 0.1) is 27.6 Å². The molecule has 0 fully saturated rings. The maximum absolute atomic E-state index is 7.03. The molecule has 0 aliphatic heterocycles. The van der Waals surface area contributed by atoms with Gasteiger partial charge in [0, 0.05) is 113 Å². The lowest BCUT2D eigenvalue weighted by Crippen LogP contribution is -2.06. The molecule has 0 atom stereocenters. The number of aromatic nitrogens is 9. The lowest BCUT2D eigenvalue weighted by Gasteiger charge is -2.12. The van der Waals surface area contributed by atoms with E-state index in [4.69, 9.17) is 38.7 Å². The molecule has 28 aromatic rings. The van der Waals surface area contributed by atoms with E-state index >= 15 is 0 Å². The molecule has 12 heteroatoms. The number of hydrogen-bond donors (Lipinski definition) is 0. The van der Waals surface area contributed by atoms with Gasteiger partial charge in [0.15, 0.2) is 40.3 Å². The van der Waals surface area contributed by atoms with E-state index in [1.165, 1.54) is 79.9 Å². The van der Waals surface area contributed by atoms with Crippen molar-refractivity contribution in [1.82, 2.24) is 43.6 Å². The number of hydrogen-bond acceptors (Lipinski definition) is 9. The largest absolute Gasteiger partial charge is 0.454 e. The smallest absolute Gasteiger partial charge is 0.238 e. The van der Waals surface area contributed by atoms with E-state index in [1.54, 1.807) is 0 Å². The minimum absolute atomic E-state index is 0.506. The average molecular weight is 1700 g/mol. The van der Waals surface area contributed by atoms with Gasteiger partial charge in [0.1, 0.15) is 16.7 Å². The molecular weight excluding hydrogens is 1630 g/mol. The summed E-state index contributed by atoms with van der Waals surface area (Å²) in [5.74, 6) is 3.60. The molecule has 8 heterocycles. The van der Waals surface area contributed by atoms with Crippen molar-refractivity contribution >= 4 is 173 Å². The van der Waals surface area contributed by atoms with Gasteiger partial charge in [-0.05, 0) is 163 Å². The summed E-state index contributed by atoms with van der Waals surface area (Å²) >= 11 is 1.81. The summed E-state index contributed by atoms with van der Waals surface area (Å²) in [6.07, 6.45) is 0. The van der Waals surface area contributed by atoms with Gasteiger partial charge in [-0.1, -0.05) is 334 Å². The van der Waals surface area contributed by atoms with Crippen LogP contribution in [0.5, 0.6) is 0 Å². The van der Waals surface area contributed by atoms with Gasteiger partial charge >= 0.3 is 0 Å². The van der Waals surface area contributed by atoms with Crippen molar-refractivity contribution in [2.24, 2.45) is 0 Å². The predicted molar refractivity (Wildman–Crippen MR) is 546 cm³/mol. The number of rotatable bonds is 11. The molecule has 0 amide bonds. The quantitative estimate of drug-likeness (QED) is 0.126. The second kappa shape index (κ2) is 30.0. The van der Waals surface area contributed by atoms with Crippen molar-refractivity contribution in [3.05, 3.63) is 431 Å². The first-order chi connectivity index (χ1) is 65.4. The molecule has 20 aromatic carbocycles. The van der Waals surface area contributed by atoms with Crippen LogP contribution in [0.3, 0.4) is 0 Å². The van der Waals surface area contributed by atoms with Crippen LogP contribution in [0.4, 0.5) is 0 Å². The fourth-order valence-corrected chi connectivity index (χ4v) is 21.5. The first-order valence-corrected chi connectivity index (χ1v) is 45.3. The highest BCUT2D eigenvalue weighted by Crippen LogP contribution is 2.50. The van der Waals surface area contributed by atoms with Crippen molar-refractivity contribution in [3.8, 4) is 108 Å². The van der Waals surface area contributed by atoms with Crippen LogP contribution in [0.15, 0.2) is 440 Å². The standard InChI is InChI=1S/C65H39N5O.C55H32N4OS/c1-3-17-42(18-4-1)63-66-64(43-32-30-41(31-33-43)48-27-15-19-40-16-7-8-22-47(40)48)68-65(67-63)70-57-37-35-45(44-34-36-56-53(38-44)49-23-11-13-28-55(49)69(56)46-20-5-2-6-21-46)39-54(57)59-50-24-9-10-25-51(50)60-52-26-12-14-29-58(52)71-62(60)61(59)70;1-2-12-35(13-3-1)53-56-54(58-55(57-53)37-28-31-48-44(32-37)39-14-8-11-21-47(39)61-48)36-24-22-33(23-25-36)34-26-29-38(30-27-34)59-45-19-9-6-17-42(45)49-40-15-4-5-16-41(40)50-43-18-7-10-20-46(43)60-52(50)51(49)59/h1-39H;1-32H. The summed E-state index contributed by atoms with van der Waals surface area (Å²) in [7, 11) is 0. The molecule has 8 aromatic heterocycles. The zero-order valence-corrected chi connectivity index (χ0v) is 71.6. The third-order valence-corrected chi connectivity index (χ3v) is 27.6. The van der Waals surface area contributed by atoms with Crippen LogP contribution in [0.25, 0.3) is 269 Å². The lowest BCUT2D eigenvalue weighted by molar-refractivity contribution is 0.670. The maximum Gasteiger partial charge on any atom is 0.238 e. The number of nitrogens with zero attached hydrogens (tertiary/aromatic N) is 9. The summed E-state index contributed by atoms with van der Waals surface area (Å²) in [6, 6.07) is 152. The number of benzene rings is 20. The minimum Gasteiger partial charge on any atom is -0.454 e. The number of furan rings is 2. The molecule has 614 valence electrons. The molecule has 0 aliphatic rings. The summed E-state index contributed by atoms with van der Waals surface area (Å²) in [4.78, 5) is 31.1. The Kier molecular flexibility index (Phi) is 17.0. The van der Waals surface area contributed by atoms with E-state index in [-0.39, 0.29) is 0 Å². The van der Waals surface area contributed by atoms with Crippen molar-refractivity contribution in [2.45, 2.75) is 0 Å². The van der Waals surface area contributed by atoms with Crippen LogP contribution in [-0.2, 0) is 0 Å². The summed E-state index contributed by atoms with van der Waals surface area (Å²) in [5.41, 5.74) is 23.5. The van der Waals surface area contributed by atoms with Gasteiger partial charge in [0.25, 0.3) is 0 Å². The van der Waals surface area contributed by atoms with Crippen molar-refractivity contribution in [3.63, 3.8) is 0 Å². The van der Waals surface area contributed by atoms with E-state index in [0.29, 0.717) is 35.1 Å². The van der Waals surface area contributed by atoms with Gasteiger partial charge in [0.2, 0.25) is 5.95 Å². The van der Waals surface area contributed by atoms with Crippen LogP contribution in [0.2, 0.25) is 0 Å². The highest BCUT2D eigenvalue weighted by molar-refractivity contribution is 7.25. The van der Waals surface area contributed by atoms with Gasteiger partial charge in [-0.25, -0.2) is 19.9 Å². The molecule has 132 heavy (non-hydrogen) atoms. The summed E-state index contributed by atoms with van der Waals surface area (Å²) in [5, 5.41) is 21.0. The number of para-hydroxylation sites is 5. The Labute approximate surface area is 758 Å². The Morgan fingerprint density at radius 1 is 0.197 bits per heavy atom. The van der Waals surface area contributed by atoms with Crippen LogP contribution < -0.4 is 0 Å². The molecule has 0 saturated heterocycles. The second-order valence-electron chi connectivity index (χ2n) is 33.8. The fourth-order valence-electron chi connectivity index (χ4n) is 20.4. The fraction of sp³-hybridized carbons (Fsp3) is 0. The Morgan fingerprint density at radius 3 is 1.17 bits per heavy atom. The van der Waals surface area contributed by atoms with Crippen LogP contribution in [-0.4, -0.2) is 43.6 Å². The summed E-state index contributed by atoms with van der Waals surface area (Å²) < 4.78 is 23.3. The first kappa shape index (κ1) is 74.6. The topological polar surface area (TPSA) is 118 Å². The molecule has 0 spiro atoms. The van der Waals surface area contributed by atoms with Gasteiger partial charge in [-0.15, -0.1) is 11.3 Å². The van der Waals surface area contributed by atoms with E-state index in [0.717, 1.165) is 154 Å². The number of thiophene rings is 1. The molecule has 0 N–H and O–H groups in total. The monoisotopic (exact) mass is 1700 g/mol. The SMILES string of the molecule is c1ccc(-c2nc(-c3ccc(-c4ccc(-n5c6ccccc6c6c7ccccc7c7c8ccccc8oc7c65)cc4)cc3)nc(-c3ccc4sc5ccccc5c4c3)n2)cc1.c1ccc(-c2nc(-c3ccc(-c4cccc5ccccc45)cc3)nc(-n3c4ccc(-c5ccc6c(c5)c5ccccc5n6-c5ccccc5)cc4c4c5ccccc5c5c6ccccc6oc5c43)n2)cc1. The average Bonchev–Trinajstić information content (AvgIpc) is 1.54. The van der Waals surface area contributed by atoms with Crippen molar-refractivity contribution in [1.29, 1.82) is 0 Å². The molecule has 0 bridgehead atoms. The molecule has 11 nitrogen and oxygen atoms in total. The van der Waals surface area contributed by atoms with Crippen LogP contribution in [0, 0.1) is 0 Å².